The van der Waals surface area contributed by atoms with Crippen molar-refractivity contribution in [1.82, 2.24) is 15.3 Å². The summed E-state index contributed by atoms with van der Waals surface area (Å²) in [6, 6.07) is 0. The zero-order chi connectivity index (χ0) is 11.6. The van der Waals surface area contributed by atoms with E-state index >= 15 is 0 Å². The van der Waals surface area contributed by atoms with Crippen LogP contribution >= 0.6 is 0 Å². The summed E-state index contributed by atoms with van der Waals surface area (Å²) < 4.78 is 5.15. The Labute approximate surface area is 95.6 Å². The quantitative estimate of drug-likeness (QED) is 0.645. The van der Waals surface area contributed by atoms with Gasteiger partial charge in [-0.2, -0.15) is 0 Å². The van der Waals surface area contributed by atoms with Gasteiger partial charge in [-0.25, -0.2) is 4.98 Å². The second kappa shape index (κ2) is 7.87. The molecule has 0 fully saturated rings. The van der Waals surface area contributed by atoms with Gasteiger partial charge in [0.25, 0.3) is 0 Å². The summed E-state index contributed by atoms with van der Waals surface area (Å²) in [5.41, 5.74) is 1.04. The van der Waals surface area contributed by atoms with Crippen LogP contribution in [0.1, 0.15) is 25.5 Å². The number of H-pyrrole nitrogens is 1. The van der Waals surface area contributed by atoms with Gasteiger partial charge in [0, 0.05) is 44.5 Å². The third-order valence-electron chi connectivity index (χ3n) is 2.17. The lowest BCUT2D eigenvalue weighted by Gasteiger charge is -2.04. The maximum absolute atomic E-state index is 11.3. The largest absolute Gasteiger partial charge is 0.382 e. The predicted molar refractivity (Wildman–Crippen MR) is 61.0 cm³/mol. The number of aromatic amines is 1. The molecule has 1 heterocycles. The van der Waals surface area contributed by atoms with E-state index in [-0.39, 0.29) is 5.91 Å². The van der Waals surface area contributed by atoms with Crippen LogP contribution < -0.4 is 5.32 Å². The Kier molecular flexibility index (Phi) is 6.25. The number of aromatic nitrogens is 2. The number of hydrogen-bond acceptors (Lipinski definition) is 3. The number of ether oxygens (including phenoxy) is 1. The van der Waals surface area contributed by atoms with Crippen molar-refractivity contribution >= 4 is 5.91 Å². The van der Waals surface area contributed by atoms with Crippen LogP contribution in [0.5, 0.6) is 0 Å². The smallest absolute Gasteiger partial charge is 0.220 e. The maximum atomic E-state index is 11.3. The van der Waals surface area contributed by atoms with Crippen molar-refractivity contribution in [2.75, 3.05) is 19.8 Å². The zero-order valence-corrected chi connectivity index (χ0v) is 9.66. The molecule has 0 saturated heterocycles. The summed E-state index contributed by atoms with van der Waals surface area (Å²) >= 11 is 0. The highest BCUT2D eigenvalue weighted by atomic mass is 16.5. The molecule has 16 heavy (non-hydrogen) atoms. The average molecular weight is 225 g/mol. The molecule has 2 N–H and O–H groups in total. The number of carbonyl (C=O) groups excluding carboxylic acids is 1. The molecule has 0 aliphatic carbocycles. The molecule has 0 aliphatic heterocycles. The van der Waals surface area contributed by atoms with Crippen LogP contribution in [0.2, 0.25) is 0 Å². The molecule has 0 unspecified atom stereocenters. The van der Waals surface area contributed by atoms with Crippen molar-refractivity contribution in [2.45, 2.75) is 26.2 Å². The Hall–Kier alpha value is -1.36. The Morgan fingerprint density at radius 3 is 3.19 bits per heavy atom. The van der Waals surface area contributed by atoms with Crippen LogP contribution in [-0.2, 0) is 16.0 Å². The molecule has 0 spiro atoms. The lowest BCUT2D eigenvalue weighted by molar-refractivity contribution is -0.121. The van der Waals surface area contributed by atoms with Crippen molar-refractivity contribution in [3.05, 3.63) is 18.2 Å². The molecule has 0 saturated carbocycles. The van der Waals surface area contributed by atoms with Crippen LogP contribution in [-0.4, -0.2) is 35.6 Å². The van der Waals surface area contributed by atoms with Crippen LogP contribution in [0, 0.1) is 0 Å². The zero-order valence-electron chi connectivity index (χ0n) is 9.66. The van der Waals surface area contributed by atoms with E-state index in [1.54, 1.807) is 12.5 Å². The summed E-state index contributed by atoms with van der Waals surface area (Å²) in [6.07, 6.45) is 5.50. The van der Waals surface area contributed by atoms with Crippen LogP contribution in [0.25, 0.3) is 0 Å². The topological polar surface area (TPSA) is 67.0 Å². The minimum absolute atomic E-state index is 0.0826. The first-order valence-corrected chi connectivity index (χ1v) is 5.64. The summed E-state index contributed by atoms with van der Waals surface area (Å²) in [6.45, 7) is 3.96. The normalized spacial score (nSPS) is 10.3. The van der Waals surface area contributed by atoms with Gasteiger partial charge in [-0.15, -0.1) is 0 Å². The Morgan fingerprint density at radius 1 is 1.62 bits per heavy atom. The van der Waals surface area contributed by atoms with Crippen molar-refractivity contribution in [3.63, 3.8) is 0 Å². The third kappa shape index (κ3) is 5.50. The van der Waals surface area contributed by atoms with Gasteiger partial charge in [0.2, 0.25) is 5.91 Å². The van der Waals surface area contributed by atoms with E-state index in [4.69, 9.17) is 4.74 Å². The lowest BCUT2D eigenvalue weighted by Crippen LogP contribution is -2.25. The van der Waals surface area contributed by atoms with E-state index in [2.05, 4.69) is 15.3 Å². The second-order valence-electron chi connectivity index (χ2n) is 3.48. The summed E-state index contributed by atoms with van der Waals surface area (Å²) in [5.74, 6) is 0.0826. The maximum Gasteiger partial charge on any atom is 0.220 e. The van der Waals surface area contributed by atoms with Gasteiger partial charge in [-0.3, -0.25) is 4.79 Å². The number of rotatable bonds is 8. The van der Waals surface area contributed by atoms with E-state index in [0.29, 0.717) is 26.2 Å². The third-order valence-corrected chi connectivity index (χ3v) is 2.17. The molecule has 1 aromatic rings. The fourth-order valence-corrected chi connectivity index (χ4v) is 1.33. The number of hydrogen-bond donors (Lipinski definition) is 2. The van der Waals surface area contributed by atoms with Gasteiger partial charge < -0.3 is 15.0 Å². The fourth-order valence-electron chi connectivity index (χ4n) is 1.33. The SMILES string of the molecule is CCOCCCC(=O)NCCc1cnc[nH]1. The number of carbonyl (C=O) groups is 1. The van der Waals surface area contributed by atoms with Crippen LogP contribution in [0.15, 0.2) is 12.5 Å². The molecule has 0 bridgehead atoms. The van der Waals surface area contributed by atoms with Gasteiger partial charge in [-0.1, -0.05) is 0 Å². The molecule has 1 amide bonds. The molecule has 0 aromatic carbocycles. The van der Waals surface area contributed by atoms with Gasteiger partial charge >= 0.3 is 0 Å². The Morgan fingerprint density at radius 2 is 2.50 bits per heavy atom. The lowest BCUT2D eigenvalue weighted by atomic mass is 10.3. The highest BCUT2D eigenvalue weighted by molar-refractivity contribution is 5.75. The molecule has 1 aromatic heterocycles. The minimum Gasteiger partial charge on any atom is -0.382 e. The summed E-state index contributed by atoms with van der Waals surface area (Å²) in [5, 5.41) is 2.86. The van der Waals surface area contributed by atoms with E-state index in [1.165, 1.54) is 0 Å². The van der Waals surface area contributed by atoms with Gasteiger partial charge in [0.15, 0.2) is 0 Å². The molecule has 5 nitrogen and oxygen atoms in total. The highest BCUT2D eigenvalue weighted by Crippen LogP contribution is 1.93. The van der Waals surface area contributed by atoms with Gasteiger partial charge in [0.1, 0.15) is 0 Å². The first-order chi connectivity index (χ1) is 7.83. The number of imidazole rings is 1. The number of nitrogens with one attached hydrogen (secondary N) is 2. The second-order valence-corrected chi connectivity index (χ2v) is 3.48. The predicted octanol–water partition coefficient (Wildman–Crippen LogP) is 0.885. The summed E-state index contributed by atoms with van der Waals surface area (Å²) in [4.78, 5) is 18.2. The van der Waals surface area contributed by atoms with E-state index in [9.17, 15) is 4.79 Å². The molecule has 1 rings (SSSR count). The molecule has 5 heteroatoms. The van der Waals surface area contributed by atoms with Crippen molar-refractivity contribution < 1.29 is 9.53 Å². The monoisotopic (exact) mass is 225 g/mol. The van der Waals surface area contributed by atoms with Gasteiger partial charge in [0.05, 0.1) is 6.33 Å². The van der Waals surface area contributed by atoms with E-state index in [0.717, 1.165) is 18.5 Å². The van der Waals surface area contributed by atoms with E-state index in [1.807, 2.05) is 6.92 Å². The minimum atomic E-state index is 0.0826. The van der Waals surface area contributed by atoms with Crippen molar-refractivity contribution in [2.24, 2.45) is 0 Å². The highest BCUT2D eigenvalue weighted by Gasteiger charge is 2.00. The molecule has 0 radical (unpaired) electrons. The molecule has 0 atom stereocenters. The standard InChI is InChI=1S/C11H19N3O2/c1-2-16-7-3-4-11(15)13-6-5-10-8-12-9-14-10/h8-9H,2-7H2,1H3,(H,12,14)(H,13,15). The number of nitrogens with zero attached hydrogens (tertiary/aromatic N) is 1. The van der Waals surface area contributed by atoms with Crippen LogP contribution in [0.4, 0.5) is 0 Å². The van der Waals surface area contributed by atoms with E-state index < -0.39 is 0 Å². The Balaban J connectivity index is 1.98. The fraction of sp³-hybridized carbons (Fsp3) is 0.636. The number of amides is 1. The molecular formula is C11H19N3O2. The van der Waals surface area contributed by atoms with Crippen molar-refractivity contribution in [1.29, 1.82) is 0 Å². The first kappa shape index (κ1) is 12.7. The molecular weight excluding hydrogens is 206 g/mol. The van der Waals surface area contributed by atoms with Crippen molar-refractivity contribution in [3.8, 4) is 0 Å². The Bertz CT molecular complexity index is 285. The molecule has 90 valence electrons. The summed E-state index contributed by atoms with van der Waals surface area (Å²) in [7, 11) is 0. The van der Waals surface area contributed by atoms with Gasteiger partial charge in [-0.05, 0) is 13.3 Å². The average Bonchev–Trinajstić information content (AvgIpc) is 2.77. The first-order valence-electron chi connectivity index (χ1n) is 5.64. The van der Waals surface area contributed by atoms with Crippen LogP contribution in [0.3, 0.4) is 0 Å². The molecule has 0 aliphatic rings.